The molecule has 0 aliphatic carbocycles. The van der Waals surface area contributed by atoms with E-state index in [9.17, 15) is 9.59 Å². The summed E-state index contributed by atoms with van der Waals surface area (Å²) in [6.45, 7) is 8.10. The van der Waals surface area contributed by atoms with Crippen LogP contribution in [0.4, 0.5) is 0 Å². The smallest absolute Gasteiger partial charge is 0.236 e. The highest BCUT2D eigenvalue weighted by atomic mass is 16.2. The van der Waals surface area contributed by atoms with E-state index in [2.05, 4.69) is 31.1 Å². The number of guanidine groups is 2. The Hall–Kier alpha value is -2.68. The molecule has 1 heterocycles. The van der Waals surface area contributed by atoms with Gasteiger partial charge in [-0.25, -0.2) is 0 Å². The van der Waals surface area contributed by atoms with E-state index in [1.807, 2.05) is 0 Å². The standard InChI is InChI=1S/C22H48N12O2/c23-17(5-1-7-31-21(25)26)19(35)29-9-3-11-33-13-15-34(16-14-33)12-4-10-30-20(36)18(24)6-2-8-32-22(27)28/h17-18H,1-16,23-24H2,(H,29,35)(H,30,36)(H4,25,26,31)(H4,27,28,32)/t17-,18-/m0/s1. The lowest BCUT2D eigenvalue weighted by Crippen LogP contribution is -2.48. The molecule has 36 heavy (non-hydrogen) atoms. The van der Waals surface area contributed by atoms with Gasteiger partial charge in [0.25, 0.3) is 0 Å². The minimum absolute atomic E-state index is 0.0773. The number of rotatable bonds is 18. The van der Waals surface area contributed by atoms with Gasteiger partial charge >= 0.3 is 0 Å². The summed E-state index contributed by atoms with van der Waals surface area (Å²) in [6, 6.07) is -1.09. The van der Waals surface area contributed by atoms with Crippen LogP contribution in [-0.4, -0.2) is 111 Å². The molecule has 208 valence electrons. The Bertz CT molecular complexity index is 613. The van der Waals surface area contributed by atoms with Gasteiger partial charge in [-0.1, -0.05) is 0 Å². The molecule has 1 aliphatic rings. The number of carbonyl (C=O) groups excluding carboxylic acids is 2. The normalized spacial score (nSPS) is 16.1. The van der Waals surface area contributed by atoms with Gasteiger partial charge in [0.2, 0.25) is 11.8 Å². The summed E-state index contributed by atoms with van der Waals surface area (Å²) in [6.07, 6.45) is 4.21. The van der Waals surface area contributed by atoms with Crippen molar-refractivity contribution in [3.63, 3.8) is 0 Å². The Balaban J connectivity index is 2.02. The predicted octanol–water partition coefficient (Wildman–Crippen LogP) is -3.20. The van der Waals surface area contributed by atoms with E-state index in [-0.39, 0.29) is 23.7 Å². The van der Waals surface area contributed by atoms with Crippen LogP contribution in [0.5, 0.6) is 0 Å². The molecular formula is C22H48N12O2. The number of nitrogens with one attached hydrogen (secondary N) is 6. The third-order valence-corrected chi connectivity index (χ3v) is 6.05. The largest absolute Gasteiger partial charge is 0.370 e. The van der Waals surface area contributed by atoms with Crippen LogP contribution >= 0.6 is 0 Å². The fourth-order valence-corrected chi connectivity index (χ4v) is 3.88. The van der Waals surface area contributed by atoms with Gasteiger partial charge in [-0.3, -0.25) is 20.4 Å². The summed E-state index contributed by atoms with van der Waals surface area (Å²) in [7, 11) is 0. The quantitative estimate of drug-likeness (QED) is 0.0501. The number of piperazine rings is 1. The minimum atomic E-state index is -0.544. The molecule has 0 radical (unpaired) electrons. The van der Waals surface area contributed by atoms with Crippen LogP contribution in [0, 0.1) is 10.8 Å². The molecular weight excluding hydrogens is 464 g/mol. The highest BCUT2D eigenvalue weighted by Crippen LogP contribution is 2.03. The molecule has 1 aliphatic heterocycles. The first-order chi connectivity index (χ1) is 17.2. The van der Waals surface area contributed by atoms with E-state index in [1.165, 1.54) is 0 Å². The molecule has 0 saturated carbocycles. The number of hydrogen-bond donors (Lipinski definition) is 10. The van der Waals surface area contributed by atoms with Crippen molar-refractivity contribution in [2.24, 2.45) is 22.9 Å². The lowest BCUT2D eigenvalue weighted by atomic mass is 10.1. The summed E-state index contributed by atoms with van der Waals surface area (Å²) in [5.74, 6) is -0.431. The molecule has 1 fully saturated rings. The molecule has 14 heteroatoms. The molecule has 0 unspecified atom stereocenters. The molecule has 2 amide bonds. The van der Waals surface area contributed by atoms with Crippen molar-refractivity contribution in [3.05, 3.63) is 0 Å². The molecule has 14 nitrogen and oxygen atoms in total. The van der Waals surface area contributed by atoms with E-state index in [1.54, 1.807) is 0 Å². The number of hydrogen-bond acceptors (Lipinski definition) is 8. The van der Waals surface area contributed by atoms with Gasteiger partial charge in [-0.2, -0.15) is 0 Å². The molecule has 14 N–H and O–H groups in total. The molecule has 0 aromatic carbocycles. The Morgan fingerprint density at radius 3 is 1.31 bits per heavy atom. The predicted molar refractivity (Wildman–Crippen MR) is 142 cm³/mol. The number of nitrogens with two attached hydrogens (primary N) is 4. The average Bonchev–Trinajstić information content (AvgIpc) is 2.84. The molecule has 0 spiro atoms. The number of nitrogens with zero attached hydrogens (tertiary/aromatic N) is 2. The van der Waals surface area contributed by atoms with Crippen LogP contribution in [0.25, 0.3) is 0 Å². The van der Waals surface area contributed by atoms with Gasteiger partial charge in [0.1, 0.15) is 0 Å². The lowest BCUT2D eigenvalue weighted by Gasteiger charge is -2.34. The Morgan fingerprint density at radius 1 is 0.639 bits per heavy atom. The number of amides is 2. The van der Waals surface area contributed by atoms with Crippen molar-refractivity contribution in [3.8, 4) is 0 Å². The third-order valence-electron chi connectivity index (χ3n) is 6.05. The van der Waals surface area contributed by atoms with Crippen molar-refractivity contribution >= 4 is 23.7 Å². The second kappa shape index (κ2) is 18.6. The third kappa shape index (κ3) is 15.3. The van der Waals surface area contributed by atoms with Gasteiger partial charge in [0.05, 0.1) is 12.1 Å². The Labute approximate surface area is 214 Å². The van der Waals surface area contributed by atoms with Crippen LogP contribution in [0.1, 0.15) is 38.5 Å². The lowest BCUT2D eigenvalue weighted by molar-refractivity contribution is -0.123. The first kappa shape index (κ1) is 31.4. The maximum absolute atomic E-state index is 12.1. The van der Waals surface area contributed by atoms with Gasteiger partial charge in [0, 0.05) is 52.4 Å². The molecule has 2 atom stereocenters. The van der Waals surface area contributed by atoms with Crippen molar-refractivity contribution in [1.29, 1.82) is 10.8 Å². The van der Waals surface area contributed by atoms with Crippen LogP contribution in [-0.2, 0) is 9.59 Å². The summed E-state index contributed by atoms with van der Waals surface area (Å²) >= 11 is 0. The fourth-order valence-electron chi connectivity index (χ4n) is 3.88. The van der Waals surface area contributed by atoms with Gasteiger partial charge in [-0.05, 0) is 51.6 Å². The van der Waals surface area contributed by atoms with Crippen LogP contribution in [0.15, 0.2) is 0 Å². The molecule has 0 bridgehead atoms. The summed E-state index contributed by atoms with van der Waals surface area (Å²) in [5, 5.41) is 25.4. The van der Waals surface area contributed by atoms with Crippen molar-refractivity contribution < 1.29 is 9.59 Å². The van der Waals surface area contributed by atoms with E-state index in [0.717, 1.165) is 52.1 Å². The van der Waals surface area contributed by atoms with Crippen LogP contribution in [0.3, 0.4) is 0 Å². The topological polar surface area (TPSA) is 241 Å². The summed E-state index contributed by atoms with van der Waals surface area (Å²) in [5.41, 5.74) is 22.2. The number of carbonyl (C=O) groups is 2. The summed E-state index contributed by atoms with van der Waals surface area (Å²) in [4.78, 5) is 28.9. The first-order valence-electron chi connectivity index (χ1n) is 12.9. The molecule has 0 aromatic rings. The molecule has 0 aromatic heterocycles. The minimum Gasteiger partial charge on any atom is -0.370 e. The van der Waals surface area contributed by atoms with Crippen molar-refractivity contribution in [1.82, 2.24) is 31.1 Å². The zero-order valence-corrected chi connectivity index (χ0v) is 21.5. The van der Waals surface area contributed by atoms with Crippen LogP contribution < -0.4 is 44.2 Å². The van der Waals surface area contributed by atoms with E-state index < -0.39 is 12.1 Å². The first-order valence-corrected chi connectivity index (χ1v) is 12.9. The Morgan fingerprint density at radius 2 is 0.972 bits per heavy atom. The second-order valence-electron chi connectivity index (χ2n) is 9.15. The summed E-state index contributed by atoms with van der Waals surface area (Å²) < 4.78 is 0. The van der Waals surface area contributed by atoms with E-state index in [4.69, 9.17) is 33.8 Å². The van der Waals surface area contributed by atoms with Crippen molar-refractivity contribution in [2.75, 3.05) is 65.4 Å². The maximum Gasteiger partial charge on any atom is 0.236 e. The van der Waals surface area contributed by atoms with Gasteiger partial charge in [-0.15, -0.1) is 0 Å². The highest BCUT2D eigenvalue weighted by molar-refractivity contribution is 5.81. The van der Waals surface area contributed by atoms with Gasteiger partial charge < -0.3 is 54.0 Å². The highest BCUT2D eigenvalue weighted by Gasteiger charge is 2.17. The van der Waals surface area contributed by atoms with Crippen LogP contribution in [0.2, 0.25) is 0 Å². The molecule has 1 rings (SSSR count). The maximum atomic E-state index is 12.1. The molecule has 1 saturated heterocycles. The van der Waals surface area contributed by atoms with E-state index >= 15 is 0 Å². The zero-order valence-electron chi connectivity index (χ0n) is 21.5. The van der Waals surface area contributed by atoms with E-state index in [0.29, 0.717) is 51.9 Å². The van der Waals surface area contributed by atoms with Gasteiger partial charge in [0.15, 0.2) is 11.9 Å². The zero-order chi connectivity index (χ0) is 26.8. The SMILES string of the molecule is N=C(N)NCCC[C@H](N)C(=O)NCCCN1CCN(CCCNC(=O)[C@@H](N)CCCNC(=N)N)CC1. The average molecular weight is 513 g/mol. The second-order valence-corrected chi connectivity index (χ2v) is 9.15. The monoisotopic (exact) mass is 512 g/mol. The van der Waals surface area contributed by atoms with Crippen molar-refractivity contribution in [2.45, 2.75) is 50.6 Å². The fraction of sp³-hybridized carbons (Fsp3) is 0.818. The Kier molecular flexibility index (Phi) is 16.2.